The summed E-state index contributed by atoms with van der Waals surface area (Å²) in [6.07, 6.45) is 4.58. The summed E-state index contributed by atoms with van der Waals surface area (Å²) in [6, 6.07) is 0.633. The zero-order valence-corrected chi connectivity index (χ0v) is 13.6. The van der Waals surface area contributed by atoms with Gasteiger partial charge in [-0.15, -0.1) is 0 Å². The van der Waals surface area contributed by atoms with Crippen molar-refractivity contribution in [3.05, 3.63) is 23.5 Å². The first kappa shape index (κ1) is 18.1. The number of hydrogen-bond donors (Lipinski definition) is 3. The van der Waals surface area contributed by atoms with Gasteiger partial charge in [-0.05, 0) is 40.7 Å². The predicted octanol–water partition coefficient (Wildman–Crippen LogP) is 1.81. The lowest BCUT2D eigenvalue weighted by molar-refractivity contribution is 0.0172. The van der Waals surface area contributed by atoms with E-state index >= 15 is 0 Å². The minimum atomic E-state index is -2.83. The molecule has 0 saturated carbocycles. The van der Waals surface area contributed by atoms with E-state index in [4.69, 9.17) is 19.2 Å². The lowest BCUT2D eigenvalue weighted by Crippen LogP contribution is -2.51. The van der Waals surface area contributed by atoms with Crippen LogP contribution in [0.5, 0.6) is 0 Å². The van der Waals surface area contributed by atoms with Crippen LogP contribution < -0.4 is 16.7 Å². The molecule has 0 unspecified atom stereocenters. The maximum atomic E-state index is 5.66. The third kappa shape index (κ3) is 7.33. The molecule has 112 valence electrons. The zero-order valence-electron chi connectivity index (χ0n) is 12.6. The third-order valence-electron chi connectivity index (χ3n) is 2.60. The Morgan fingerprint density at radius 3 is 1.89 bits per heavy atom. The zero-order chi connectivity index (χ0) is 14.7. The molecule has 0 radical (unpaired) electrons. The molecule has 19 heavy (non-hydrogen) atoms. The Bertz CT molecular complexity index is 287. The number of rotatable bonds is 10. The van der Waals surface area contributed by atoms with Gasteiger partial charge in [0, 0.05) is 24.5 Å². The minimum absolute atomic E-state index is 0.566. The molecule has 0 aliphatic heterocycles. The monoisotopic (exact) mass is 289 g/mol. The standard InChI is InChI=1S/C12H27N3O3Si/c1-6-11(3)14-17-19(16-5,10-8-9-13)18-15-12(4)7-2/h6-7,14-15H,8-10,13H2,1-5H3. The van der Waals surface area contributed by atoms with E-state index in [0.29, 0.717) is 12.6 Å². The number of hydroxylamine groups is 2. The normalized spacial score (nSPS) is 16.1. The van der Waals surface area contributed by atoms with Crippen LogP contribution in [0.3, 0.4) is 0 Å². The van der Waals surface area contributed by atoms with E-state index in [-0.39, 0.29) is 0 Å². The summed E-state index contributed by atoms with van der Waals surface area (Å²) in [5.74, 6) is 0. The summed E-state index contributed by atoms with van der Waals surface area (Å²) in [5.41, 5.74) is 13.0. The first-order valence-electron chi connectivity index (χ1n) is 6.42. The van der Waals surface area contributed by atoms with E-state index in [9.17, 15) is 0 Å². The minimum Gasteiger partial charge on any atom is -0.375 e. The molecule has 0 aromatic rings. The molecule has 0 aromatic carbocycles. The average Bonchev–Trinajstić information content (AvgIpc) is 2.46. The van der Waals surface area contributed by atoms with Gasteiger partial charge in [0.15, 0.2) is 0 Å². The molecule has 0 aliphatic rings. The van der Waals surface area contributed by atoms with Crippen molar-refractivity contribution in [2.45, 2.75) is 40.2 Å². The maximum absolute atomic E-state index is 5.66. The topological polar surface area (TPSA) is 77.8 Å². The highest BCUT2D eigenvalue weighted by Crippen LogP contribution is 2.15. The fourth-order valence-corrected chi connectivity index (χ4v) is 2.95. The average molecular weight is 289 g/mol. The molecule has 0 spiro atoms. The Morgan fingerprint density at radius 2 is 1.58 bits per heavy atom. The van der Waals surface area contributed by atoms with Crippen molar-refractivity contribution in [2.75, 3.05) is 13.7 Å². The lowest BCUT2D eigenvalue weighted by Gasteiger charge is -2.28. The largest absolute Gasteiger partial charge is 0.544 e. The molecule has 0 fully saturated rings. The summed E-state index contributed by atoms with van der Waals surface area (Å²) in [6.45, 7) is 8.22. The quantitative estimate of drug-likeness (QED) is 0.420. The van der Waals surface area contributed by atoms with Crippen LogP contribution in [0.2, 0.25) is 6.04 Å². The van der Waals surface area contributed by atoms with Gasteiger partial charge < -0.3 is 10.2 Å². The van der Waals surface area contributed by atoms with Gasteiger partial charge in [0.1, 0.15) is 0 Å². The smallest absolute Gasteiger partial charge is 0.375 e. The lowest BCUT2D eigenvalue weighted by atomic mass is 10.5. The maximum Gasteiger partial charge on any atom is 0.544 e. The molecular formula is C12H27N3O3Si. The molecule has 6 nitrogen and oxygen atoms in total. The van der Waals surface area contributed by atoms with Crippen molar-refractivity contribution in [2.24, 2.45) is 5.73 Å². The van der Waals surface area contributed by atoms with E-state index in [2.05, 4.69) is 11.0 Å². The van der Waals surface area contributed by atoms with E-state index in [1.54, 1.807) is 7.11 Å². The highest BCUT2D eigenvalue weighted by Gasteiger charge is 2.42. The summed E-state index contributed by atoms with van der Waals surface area (Å²) in [5, 5.41) is 0. The SMILES string of the molecule is CC=C(C)NO[Si](CCCN)(OC)ONC(C)=CC. The first-order valence-corrected chi connectivity index (χ1v) is 8.35. The Balaban J connectivity index is 4.66. The van der Waals surface area contributed by atoms with Gasteiger partial charge in [0.05, 0.1) is 0 Å². The summed E-state index contributed by atoms with van der Waals surface area (Å²) in [4.78, 5) is 0. The number of allylic oxidation sites excluding steroid dienone is 4. The first-order chi connectivity index (χ1) is 9.03. The fourth-order valence-electron chi connectivity index (χ4n) is 1.06. The molecule has 0 heterocycles. The summed E-state index contributed by atoms with van der Waals surface area (Å²) in [7, 11) is -1.25. The van der Waals surface area contributed by atoms with Crippen molar-refractivity contribution in [1.29, 1.82) is 0 Å². The molecule has 0 atom stereocenters. The van der Waals surface area contributed by atoms with Gasteiger partial charge >= 0.3 is 8.80 Å². The Hall–Kier alpha value is -0.863. The summed E-state index contributed by atoms with van der Waals surface area (Å²) >= 11 is 0. The van der Waals surface area contributed by atoms with E-state index in [1.165, 1.54) is 0 Å². The van der Waals surface area contributed by atoms with Crippen LogP contribution in [0.25, 0.3) is 0 Å². The van der Waals surface area contributed by atoms with Gasteiger partial charge in [0.2, 0.25) is 0 Å². The second-order valence-corrected chi connectivity index (χ2v) is 6.81. The van der Waals surface area contributed by atoms with Crippen LogP contribution in [-0.4, -0.2) is 22.5 Å². The summed E-state index contributed by atoms with van der Waals surface area (Å²) < 4.78 is 16.8. The van der Waals surface area contributed by atoms with Crippen LogP contribution in [0, 0.1) is 0 Å². The highest BCUT2D eigenvalue weighted by molar-refractivity contribution is 6.60. The van der Waals surface area contributed by atoms with Gasteiger partial charge in [0.25, 0.3) is 0 Å². The molecule has 7 heteroatoms. The van der Waals surface area contributed by atoms with E-state index < -0.39 is 8.80 Å². The Kier molecular flexibility index (Phi) is 9.53. The van der Waals surface area contributed by atoms with Crippen molar-refractivity contribution >= 4 is 8.80 Å². The van der Waals surface area contributed by atoms with Gasteiger partial charge in [-0.2, -0.15) is 0 Å². The molecular weight excluding hydrogens is 262 g/mol. The van der Waals surface area contributed by atoms with Crippen molar-refractivity contribution < 1.29 is 13.5 Å². The number of nitrogens with two attached hydrogens (primary N) is 1. The van der Waals surface area contributed by atoms with Gasteiger partial charge in [-0.3, -0.25) is 20.0 Å². The molecule has 0 rings (SSSR count). The van der Waals surface area contributed by atoms with Gasteiger partial charge in [-0.1, -0.05) is 12.2 Å². The number of nitrogens with one attached hydrogen (secondary N) is 2. The molecule has 0 aromatic heterocycles. The molecule has 0 amide bonds. The van der Waals surface area contributed by atoms with E-state index in [1.807, 2.05) is 39.8 Å². The van der Waals surface area contributed by atoms with Crippen molar-refractivity contribution in [3.8, 4) is 0 Å². The van der Waals surface area contributed by atoms with Crippen LogP contribution in [0.15, 0.2) is 23.5 Å². The van der Waals surface area contributed by atoms with Crippen LogP contribution in [0.4, 0.5) is 0 Å². The molecule has 4 N–H and O–H groups in total. The third-order valence-corrected chi connectivity index (χ3v) is 5.01. The van der Waals surface area contributed by atoms with Crippen LogP contribution in [0.1, 0.15) is 34.1 Å². The van der Waals surface area contributed by atoms with Crippen molar-refractivity contribution in [3.63, 3.8) is 0 Å². The Morgan fingerprint density at radius 1 is 1.11 bits per heavy atom. The highest BCUT2D eigenvalue weighted by atomic mass is 28.4. The van der Waals surface area contributed by atoms with Crippen LogP contribution >= 0.6 is 0 Å². The predicted molar refractivity (Wildman–Crippen MR) is 78.5 cm³/mol. The molecule has 0 saturated heterocycles. The Labute approximate surface area is 117 Å². The second-order valence-electron chi connectivity index (χ2n) is 4.13. The fraction of sp³-hybridized carbons (Fsp3) is 0.667. The van der Waals surface area contributed by atoms with Gasteiger partial charge in [-0.25, -0.2) is 0 Å². The second kappa shape index (κ2) is 9.99. The number of hydrogen-bond acceptors (Lipinski definition) is 6. The van der Waals surface area contributed by atoms with Crippen molar-refractivity contribution in [1.82, 2.24) is 11.0 Å². The molecule has 0 bridgehead atoms. The molecule has 0 aliphatic carbocycles. The van der Waals surface area contributed by atoms with E-state index in [0.717, 1.165) is 17.8 Å². The van der Waals surface area contributed by atoms with Crippen LogP contribution in [-0.2, 0) is 13.5 Å².